The van der Waals surface area contributed by atoms with Crippen LogP contribution in [-0.4, -0.2) is 4.57 Å². The fourth-order valence-corrected chi connectivity index (χ4v) is 6.48. The van der Waals surface area contributed by atoms with Gasteiger partial charge in [0.05, 0.1) is 11.0 Å². The third kappa shape index (κ3) is 5.49. The fraction of sp³-hybridized carbons (Fsp3) is 0.182. The lowest BCUT2D eigenvalue weighted by molar-refractivity contribution is 0.590. The second-order valence-corrected chi connectivity index (χ2v) is 14.4. The molecule has 1 aromatic heterocycles. The van der Waals surface area contributed by atoms with Crippen molar-refractivity contribution < 1.29 is 0 Å². The zero-order valence-corrected chi connectivity index (χ0v) is 27.8. The summed E-state index contributed by atoms with van der Waals surface area (Å²) in [4.78, 5) is 2.33. The zero-order valence-electron chi connectivity index (χ0n) is 27.8. The third-order valence-electron chi connectivity index (χ3n) is 9.13. The molecule has 0 saturated heterocycles. The van der Waals surface area contributed by atoms with Crippen molar-refractivity contribution in [2.75, 3.05) is 4.90 Å². The van der Waals surface area contributed by atoms with Gasteiger partial charge < -0.3 is 9.47 Å². The molecule has 0 aliphatic carbocycles. The number of nitrogens with zero attached hydrogens (tertiary/aromatic N) is 2. The Morgan fingerprint density at radius 1 is 0.413 bits per heavy atom. The second kappa shape index (κ2) is 11.4. The number of para-hydroxylation sites is 2. The van der Waals surface area contributed by atoms with Gasteiger partial charge in [-0.1, -0.05) is 120 Å². The van der Waals surface area contributed by atoms with E-state index >= 15 is 0 Å². The molecule has 0 spiro atoms. The van der Waals surface area contributed by atoms with Crippen molar-refractivity contribution in [3.05, 3.63) is 157 Å². The quantitative estimate of drug-likeness (QED) is 0.191. The van der Waals surface area contributed by atoms with Crippen molar-refractivity contribution in [3.8, 4) is 16.8 Å². The maximum Gasteiger partial charge on any atom is 0.0541 e. The number of hydrogen-bond donors (Lipinski definition) is 0. The highest BCUT2D eigenvalue weighted by Crippen LogP contribution is 2.39. The van der Waals surface area contributed by atoms with Crippen molar-refractivity contribution in [3.63, 3.8) is 0 Å². The highest BCUT2D eigenvalue weighted by molar-refractivity contribution is 6.10. The van der Waals surface area contributed by atoms with Crippen molar-refractivity contribution in [1.82, 2.24) is 4.57 Å². The summed E-state index contributed by atoms with van der Waals surface area (Å²) in [5, 5.41) is 2.53. The van der Waals surface area contributed by atoms with E-state index in [0.29, 0.717) is 0 Å². The normalized spacial score (nSPS) is 12.1. The smallest absolute Gasteiger partial charge is 0.0541 e. The molecule has 0 aliphatic heterocycles. The van der Waals surface area contributed by atoms with Gasteiger partial charge in [0, 0.05) is 33.5 Å². The lowest BCUT2D eigenvalue weighted by Crippen LogP contribution is -2.13. The molecule has 0 fully saturated rings. The molecular weight excluding hydrogens is 556 g/mol. The Bertz CT molecular complexity index is 2120. The van der Waals surface area contributed by atoms with Crippen LogP contribution in [0.5, 0.6) is 0 Å². The maximum absolute atomic E-state index is 2.40. The maximum atomic E-state index is 2.40. The first kappa shape index (κ1) is 29.6. The largest absolute Gasteiger partial charge is 0.311 e. The summed E-state index contributed by atoms with van der Waals surface area (Å²) in [7, 11) is 0. The Kier molecular flexibility index (Phi) is 7.32. The molecule has 1 heterocycles. The standard InChI is InChI=1S/C44H42N2/c1-43(2,3)33-19-25-37(26-20-33)45(35-12-8-7-9-13-35)36-23-16-31(17-24-36)32-18-29-42-40(30-32)39-14-10-11-15-41(39)46(42)38-27-21-34(22-28-38)44(4,5)6/h7-30H,1-6H3. The van der Waals surface area contributed by atoms with E-state index < -0.39 is 0 Å². The van der Waals surface area contributed by atoms with Crippen LogP contribution >= 0.6 is 0 Å². The summed E-state index contributed by atoms with van der Waals surface area (Å²) in [5.41, 5.74) is 12.4. The predicted octanol–water partition coefficient (Wildman–Crippen LogP) is 12.5. The van der Waals surface area contributed by atoms with Crippen LogP contribution in [0.15, 0.2) is 146 Å². The van der Waals surface area contributed by atoms with Crippen molar-refractivity contribution in [1.29, 1.82) is 0 Å². The number of hydrogen-bond acceptors (Lipinski definition) is 1. The molecule has 2 heteroatoms. The summed E-state index contributed by atoms with van der Waals surface area (Å²) >= 11 is 0. The monoisotopic (exact) mass is 598 g/mol. The molecule has 0 amide bonds. The third-order valence-corrected chi connectivity index (χ3v) is 9.13. The number of anilines is 3. The first-order valence-electron chi connectivity index (χ1n) is 16.3. The number of aromatic nitrogens is 1. The van der Waals surface area contributed by atoms with Crippen LogP contribution in [-0.2, 0) is 10.8 Å². The number of benzene rings is 6. The van der Waals surface area contributed by atoms with Crippen molar-refractivity contribution >= 4 is 38.9 Å². The van der Waals surface area contributed by atoms with E-state index in [0.717, 1.165) is 17.1 Å². The predicted molar refractivity (Wildman–Crippen MR) is 198 cm³/mol. The molecule has 0 unspecified atom stereocenters. The summed E-state index contributed by atoms with van der Waals surface area (Å²) in [6.45, 7) is 13.6. The van der Waals surface area contributed by atoms with E-state index in [4.69, 9.17) is 0 Å². The van der Waals surface area contributed by atoms with Gasteiger partial charge in [-0.2, -0.15) is 0 Å². The van der Waals surface area contributed by atoms with Gasteiger partial charge in [0.1, 0.15) is 0 Å². The highest BCUT2D eigenvalue weighted by atomic mass is 15.1. The molecule has 0 atom stereocenters. The van der Waals surface area contributed by atoms with E-state index in [1.807, 2.05) is 0 Å². The number of fused-ring (bicyclic) bond motifs is 3. The minimum atomic E-state index is 0.113. The van der Waals surface area contributed by atoms with Gasteiger partial charge in [-0.15, -0.1) is 0 Å². The first-order valence-corrected chi connectivity index (χ1v) is 16.3. The first-order chi connectivity index (χ1) is 22.1. The van der Waals surface area contributed by atoms with Gasteiger partial charge in [0.15, 0.2) is 0 Å². The Balaban J connectivity index is 1.27. The molecule has 0 radical (unpaired) electrons. The molecule has 228 valence electrons. The highest BCUT2D eigenvalue weighted by Gasteiger charge is 2.18. The van der Waals surface area contributed by atoms with Crippen LogP contribution in [0.4, 0.5) is 17.1 Å². The van der Waals surface area contributed by atoms with E-state index in [-0.39, 0.29) is 10.8 Å². The number of rotatable bonds is 5. The van der Waals surface area contributed by atoms with Gasteiger partial charge in [-0.05, 0) is 99.8 Å². The van der Waals surface area contributed by atoms with Gasteiger partial charge in [-0.3, -0.25) is 0 Å². The van der Waals surface area contributed by atoms with Crippen molar-refractivity contribution in [2.45, 2.75) is 52.4 Å². The van der Waals surface area contributed by atoms with E-state index in [1.165, 1.54) is 49.7 Å². The zero-order chi connectivity index (χ0) is 32.1. The van der Waals surface area contributed by atoms with Gasteiger partial charge >= 0.3 is 0 Å². The van der Waals surface area contributed by atoms with Crippen LogP contribution in [0, 0.1) is 0 Å². The average molecular weight is 599 g/mol. The minimum absolute atomic E-state index is 0.113. The molecule has 0 bridgehead atoms. The SMILES string of the molecule is CC(C)(C)c1ccc(N(c2ccccc2)c2ccc(-c3ccc4c(c3)c3ccccc3n4-c3ccc(C(C)(C)C)cc3)cc2)cc1. The summed E-state index contributed by atoms with van der Waals surface area (Å²) in [5.74, 6) is 0. The Morgan fingerprint density at radius 2 is 0.891 bits per heavy atom. The Labute approximate surface area is 273 Å². The van der Waals surface area contributed by atoms with E-state index in [9.17, 15) is 0 Å². The van der Waals surface area contributed by atoms with Crippen LogP contribution in [0.2, 0.25) is 0 Å². The topological polar surface area (TPSA) is 8.17 Å². The van der Waals surface area contributed by atoms with Gasteiger partial charge in [0.2, 0.25) is 0 Å². The lowest BCUT2D eigenvalue weighted by Gasteiger charge is -2.27. The van der Waals surface area contributed by atoms with Crippen LogP contribution in [0.1, 0.15) is 52.7 Å². The van der Waals surface area contributed by atoms with Crippen LogP contribution in [0.25, 0.3) is 38.6 Å². The summed E-state index contributed by atoms with van der Waals surface area (Å²) in [6.07, 6.45) is 0. The molecular formula is C44H42N2. The molecule has 0 aliphatic rings. The molecule has 0 saturated carbocycles. The second-order valence-electron chi connectivity index (χ2n) is 14.4. The van der Waals surface area contributed by atoms with Gasteiger partial charge in [-0.25, -0.2) is 0 Å². The van der Waals surface area contributed by atoms with E-state index in [2.05, 4.69) is 197 Å². The summed E-state index contributed by atoms with van der Waals surface area (Å²) < 4.78 is 2.40. The molecule has 6 aromatic carbocycles. The fourth-order valence-electron chi connectivity index (χ4n) is 6.48. The molecule has 2 nitrogen and oxygen atoms in total. The van der Waals surface area contributed by atoms with Crippen LogP contribution < -0.4 is 4.90 Å². The lowest BCUT2D eigenvalue weighted by atomic mass is 9.87. The van der Waals surface area contributed by atoms with E-state index in [1.54, 1.807) is 0 Å². The Morgan fingerprint density at radius 3 is 1.50 bits per heavy atom. The van der Waals surface area contributed by atoms with Crippen LogP contribution in [0.3, 0.4) is 0 Å². The summed E-state index contributed by atoms with van der Waals surface area (Å²) in [6, 6.07) is 53.3. The average Bonchev–Trinajstić information content (AvgIpc) is 3.39. The molecule has 7 rings (SSSR count). The Hall–Kier alpha value is -5.08. The van der Waals surface area contributed by atoms with Gasteiger partial charge in [0.25, 0.3) is 0 Å². The molecule has 7 aromatic rings. The molecule has 46 heavy (non-hydrogen) atoms. The van der Waals surface area contributed by atoms with Crippen molar-refractivity contribution in [2.24, 2.45) is 0 Å². The molecule has 0 N–H and O–H groups in total. The minimum Gasteiger partial charge on any atom is -0.311 e.